The van der Waals surface area contributed by atoms with Crippen LogP contribution in [0.5, 0.6) is 5.75 Å². The molecule has 4 heteroatoms. The van der Waals surface area contributed by atoms with Gasteiger partial charge in [-0.3, -0.25) is 4.79 Å². The fraction of sp³-hybridized carbons (Fsp3) is 0.417. The van der Waals surface area contributed by atoms with Crippen molar-refractivity contribution in [3.63, 3.8) is 0 Å². The minimum Gasteiger partial charge on any atom is -0.493 e. The number of hydrogen-bond donors (Lipinski definition) is 2. The van der Waals surface area contributed by atoms with Gasteiger partial charge in [0.1, 0.15) is 11.8 Å². The fourth-order valence-electron chi connectivity index (χ4n) is 1.20. The Morgan fingerprint density at radius 1 is 1.50 bits per heavy atom. The molecule has 0 aromatic heterocycles. The van der Waals surface area contributed by atoms with Crippen LogP contribution in [0.3, 0.4) is 0 Å². The molecule has 0 aliphatic heterocycles. The maximum Gasteiger partial charge on any atom is 0.325 e. The first kappa shape index (κ1) is 12.5. The van der Waals surface area contributed by atoms with E-state index in [1.54, 1.807) is 24.3 Å². The second-order valence-corrected chi connectivity index (χ2v) is 4.09. The summed E-state index contributed by atoms with van der Waals surface area (Å²) in [6.45, 7) is 4.70. The topological polar surface area (TPSA) is 72.5 Å². The molecule has 1 aromatic rings. The summed E-state index contributed by atoms with van der Waals surface area (Å²) >= 11 is 0. The summed E-state index contributed by atoms with van der Waals surface area (Å²) < 4.78 is 5.49. The van der Waals surface area contributed by atoms with Crippen LogP contribution in [-0.2, 0) is 4.79 Å². The highest BCUT2D eigenvalue weighted by atomic mass is 16.5. The predicted octanol–water partition coefficient (Wildman–Crippen LogP) is 1.81. The molecule has 1 atom stereocenters. The maximum absolute atomic E-state index is 10.7. The lowest BCUT2D eigenvalue weighted by atomic mass is 10.1. The minimum atomic E-state index is -1.04. The average Bonchev–Trinajstić information content (AvgIpc) is 2.25. The van der Waals surface area contributed by atoms with Gasteiger partial charge < -0.3 is 15.6 Å². The number of ether oxygens (including phenoxy) is 1. The van der Waals surface area contributed by atoms with Gasteiger partial charge in [0.15, 0.2) is 0 Å². The largest absolute Gasteiger partial charge is 0.493 e. The second-order valence-electron chi connectivity index (χ2n) is 4.09. The summed E-state index contributed by atoms with van der Waals surface area (Å²) in [4.78, 5) is 10.7. The third kappa shape index (κ3) is 3.55. The highest BCUT2D eigenvalue weighted by molar-refractivity contribution is 5.75. The van der Waals surface area contributed by atoms with E-state index in [1.165, 1.54) is 0 Å². The van der Waals surface area contributed by atoms with Gasteiger partial charge in [0.05, 0.1) is 6.61 Å². The Morgan fingerprint density at radius 2 is 2.19 bits per heavy atom. The maximum atomic E-state index is 10.7. The number of benzene rings is 1. The molecule has 1 rings (SSSR count). The van der Waals surface area contributed by atoms with Crippen LogP contribution in [0.2, 0.25) is 0 Å². The van der Waals surface area contributed by atoms with E-state index in [0.29, 0.717) is 23.8 Å². The van der Waals surface area contributed by atoms with Crippen molar-refractivity contribution >= 4 is 5.97 Å². The van der Waals surface area contributed by atoms with Gasteiger partial charge in [0.2, 0.25) is 0 Å². The molecule has 16 heavy (non-hydrogen) atoms. The molecule has 0 aliphatic carbocycles. The Balaban J connectivity index is 2.74. The van der Waals surface area contributed by atoms with Crippen LogP contribution in [0.15, 0.2) is 24.3 Å². The van der Waals surface area contributed by atoms with E-state index in [2.05, 4.69) is 0 Å². The Labute approximate surface area is 95.0 Å². The average molecular weight is 223 g/mol. The zero-order valence-corrected chi connectivity index (χ0v) is 9.51. The van der Waals surface area contributed by atoms with Gasteiger partial charge >= 0.3 is 5.97 Å². The van der Waals surface area contributed by atoms with Crippen LogP contribution in [0, 0.1) is 5.92 Å². The number of rotatable bonds is 5. The molecule has 0 radical (unpaired) electrons. The van der Waals surface area contributed by atoms with Gasteiger partial charge in [0, 0.05) is 0 Å². The number of carboxylic acid groups (broad SMARTS) is 1. The normalized spacial score (nSPS) is 12.5. The molecule has 0 saturated heterocycles. The quantitative estimate of drug-likeness (QED) is 0.798. The van der Waals surface area contributed by atoms with E-state index in [4.69, 9.17) is 15.6 Å². The van der Waals surface area contributed by atoms with Gasteiger partial charge in [-0.2, -0.15) is 0 Å². The van der Waals surface area contributed by atoms with E-state index in [-0.39, 0.29) is 0 Å². The summed E-state index contributed by atoms with van der Waals surface area (Å²) in [7, 11) is 0. The molecule has 0 spiro atoms. The number of carbonyl (C=O) groups is 1. The monoisotopic (exact) mass is 223 g/mol. The molecule has 0 amide bonds. The van der Waals surface area contributed by atoms with Crippen molar-refractivity contribution in [3.8, 4) is 5.75 Å². The molecule has 0 fully saturated rings. The van der Waals surface area contributed by atoms with Crippen LogP contribution in [0.4, 0.5) is 0 Å². The molecular weight excluding hydrogens is 206 g/mol. The van der Waals surface area contributed by atoms with Gasteiger partial charge in [0.25, 0.3) is 0 Å². The molecule has 1 aromatic carbocycles. The first-order valence-corrected chi connectivity index (χ1v) is 5.22. The lowest BCUT2D eigenvalue weighted by Gasteiger charge is -2.11. The lowest BCUT2D eigenvalue weighted by molar-refractivity contribution is -0.138. The summed E-state index contributed by atoms with van der Waals surface area (Å²) in [5.74, 6) is 0.0423. The lowest BCUT2D eigenvalue weighted by Crippen LogP contribution is -2.20. The summed E-state index contributed by atoms with van der Waals surface area (Å²) in [5.41, 5.74) is 6.06. The van der Waals surface area contributed by atoms with Gasteiger partial charge in [-0.25, -0.2) is 0 Å². The molecule has 1 unspecified atom stereocenters. The van der Waals surface area contributed by atoms with E-state index in [0.717, 1.165) is 0 Å². The molecule has 88 valence electrons. The van der Waals surface area contributed by atoms with E-state index < -0.39 is 12.0 Å². The first-order valence-electron chi connectivity index (χ1n) is 5.22. The Kier molecular flexibility index (Phi) is 4.31. The summed E-state index contributed by atoms with van der Waals surface area (Å²) in [6.07, 6.45) is 0. The molecule has 3 N–H and O–H groups in total. The molecule has 4 nitrogen and oxygen atoms in total. The zero-order chi connectivity index (χ0) is 12.1. The number of nitrogens with two attached hydrogens (primary N) is 1. The molecule has 0 aliphatic rings. The number of carboxylic acids is 1. The van der Waals surface area contributed by atoms with Crippen LogP contribution >= 0.6 is 0 Å². The van der Waals surface area contributed by atoms with Crippen LogP contribution in [0.1, 0.15) is 25.5 Å². The minimum absolute atomic E-state index is 0.428. The van der Waals surface area contributed by atoms with E-state index in [1.807, 2.05) is 13.8 Å². The number of hydrogen-bond acceptors (Lipinski definition) is 3. The summed E-state index contributed by atoms with van der Waals surface area (Å²) in [5, 5.41) is 8.78. The van der Waals surface area contributed by atoms with Crippen molar-refractivity contribution in [2.75, 3.05) is 6.61 Å². The van der Waals surface area contributed by atoms with Gasteiger partial charge in [-0.05, 0) is 23.6 Å². The SMILES string of the molecule is CC(C)COc1cccc(C(N)C(=O)O)c1. The van der Waals surface area contributed by atoms with Crippen molar-refractivity contribution in [1.29, 1.82) is 0 Å². The van der Waals surface area contributed by atoms with Crippen molar-refractivity contribution < 1.29 is 14.6 Å². The molecular formula is C12H17NO3. The van der Waals surface area contributed by atoms with Crippen LogP contribution in [0.25, 0.3) is 0 Å². The highest BCUT2D eigenvalue weighted by Crippen LogP contribution is 2.18. The van der Waals surface area contributed by atoms with Crippen molar-refractivity contribution in [2.24, 2.45) is 11.7 Å². The van der Waals surface area contributed by atoms with Crippen molar-refractivity contribution in [1.82, 2.24) is 0 Å². The Bertz CT molecular complexity index is 363. The second kappa shape index (κ2) is 5.51. The summed E-state index contributed by atoms with van der Waals surface area (Å²) in [6, 6.07) is 5.89. The van der Waals surface area contributed by atoms with Crippen LogP contribution in [-0.4, -0.2) is 17.7 Å². The van der Waals surface area contributed by atoms with Gasteiger partial charge in [-0.15, -0.1) is 0 Å². The fourth-order valence-corrected chi connectivity index (χ4v) is 1.20. The Morgan fingerprint density at radius 3 is 2.75 bits per heavy atom. The first-order chi connectivity index (χ1) is 7.50. The molecule has 0 heterocycles. The molecule has 0 bridgehead atoms. The van der Waals surface area contributed by atoms with Gasteiger partial charge in [-0.1, -0.05) is 26.0 Å². The van der Waals surface area contributed by atoms with E-state index in [9.17, 15) is 4.79 Å². The predicted molar refractivity (Wildman–Crippen MR) is 61.3 cm³/mol. The molecule has 0 saturated carbocycles. The third-order valence-corrected chi connectivity index (χ3v) is 2.07. The Hall–Kier alpha value is -1.55. The van der Waals surface area contributed by atoms with Crippen molar-refractivity contribution in [2.45, 2.75) is 19.9 Å². The zero-order valence-electron chi connectivity index (χ0n) is 9.51. The highest BCUT2D eigenvalue weighted by Gasteiger charge is 2.14. The number of aliphatic carboxylic acids is 1. The van der Waals surface area contributed by atoms with E-state index >= 15 is 0 Å². The smallest absolute Gasteiger partial charge is 0.325 e. The third-order valence-electron chi connectivity index (χ3n) is 2.07. The standard InChI is InChI=1S/C12H17NO3/c1-8(2)7-16-10-5-3-4-9(6-10)11(13)12(14)15/h3-6,8,11H,7,13H2,1-2H3,(H,14,15). The van der Waals surface area contributed by atoms with Crippen molar-refractivity contribution in [3.05, 3.63) is 29.8 Å². The van der Waals surface area contributed by atoms with Crippen LogP contribution < -0.4 is 10.5 Å².